The Morgan fingerprint density at radius 2 is 2.09 bits per heavy atom. The molecule has 132 valence electrons. The van der Waals surface area contributed by atoms with Gasteiger partial charge in [-0.1, -0.05) is 13.2 Å². The largest absolute Gasteiger partial charge is 0.480 e. The highest BCUT2D eigenvalue weighted by Gasteiger charge is 2.41. The van der Waals surface area contributed by atoms with Crippen LogP contribution in [0.3, 0.4) is 0 Å². The predicted molar refractivity (Wildman–Crippen MR) is 87.0 cm³/mol. The second kappa shape index (κ2) is 8.10. The zero-order valence-corrected chi connectivity index (χ0v) is 14.0. The van der Waals surface area contributed by atoms with Crippen molar-refractivity contribution in [2.45, 2.75) is 63.6 Å². The number of hydrogen-bond donors (Lipinski definition) is 6. The zero-order valence-electron chi connectivity index (χ0n) is 14.0. The monoisotopic (exact) mass is 329 g/mol. The molecule has 8 nitrogen and oxygen atoms in total. The Bertz CT molecular complexity index is 427. The summed E-state index contributed by atoms with van der Waals surface area (Å²) in [6.45, 7) is 4.47. The molecule has 7 N–H and O–H groups in total. The zero-order chi connectivity index (χ0) is 17.8. The molecule has 1 fully saturated rings. The SMILES string of the molecule is CB(O)CCCC1C(NC(=O)C(N)C(C)(C)O)CNC1C(=O)O. The first kappa shape index (κ1) is 19.9. The lowest BCUT2D eigenvalue weighted by Gasteiger charge is -2.28. The first-order valence-electron chi connectivity index (χ1n) is 7.96. The average molecular weight is 329 g/mol. The Balaban J connectivity index is 2.71. The van der Waals surface area contributed by atoms with E-state index in [2.05, 4.69) is 10.6 Å². The quantitative estimate of drug-likeness (QED) is 0.302. The van der Waals surface area contributed by atoms with Gasteiger partial charge in [0.05, 0.1) is 5.60 Å². The molecule has 9 heteroatoms. The molecule has 1 aliphatic rings. The van der Waals surface area contributed by atoms with Gasteiger partial charge in [-0.2, -0.15) is 0 Å². The molecule has 23 heavy (non-hydrogen) atoms. The predicted octanol–water partition coefficient (Wildman–Crippen LogP) is -1.36. The van der Waals surface area contributed by atoms with Crippen molar-refractivity contribution >= 4 is 18.8 Å². The third-order valence-electron chi connectivity index (χ3n) is 4.30. The van der Waals surface area contributed by atoms with Crippen LogP contribution in [-0.4, -0.2) is 64.3 Å². The highest BCUT2D eigenvalue weighted by Crippen LogP contribution is 2.24. The first-order chi connectivity index (χ1) is 10.5. The van der Waals surface area contributed by atoms with Crippen molar-refractivity contribution in [1.29, 1.82) is 0 Å². The summed E-state index contributed by atoms with van der Waals surface area (Å²) >= 11 is 0. The maximum atomic E-state index is 12.1. The van der Waals surface area contributed by atoms with Crippen LogP contribution in [0, 0.1) is 5.92 Å². The van der Waals surface area contributed by atoms with Gasteiger partial charge in [0.2, 0.25) is 5.91 Å². The van der Waals surface area contributed by atoms with E-state index in [4.69, 9.17) is 5.73 Å². The molecule has 0 spiro atoms. The van der Waals surface area contributed by atoms with Crippen LogP contribution in [-0.2, 0) is 9.59 Å². The number of hydrogen-bond acceptors (Lipinski definition) is 6. The minimum absolute atomic E-state index is 0.288. The number of carboxylic acid groups (broad SMARTS) is 1. The van der Waals surface area contributed by atoms with Gasteiger partial charge in [0.25, 0.3) is 6.92 Å². The summed E-state index contributed by atoms with van der Waals surface area (Å²) in [6, 6.07) is -2.21. The van der Waals surface area contributed by atoms with Crippen molar-refractivity contribution in [2.24, 2.45) is 11.7 Å². The highest BCUT2D eigenvalue weighted by molar-refractivity contribution is 6.48. The molecule has 0 radical (unpaired) electrons. The van der Waals surface area contributed by atoms with Gasteiger partial charge in [0, 0.05) is 18.5 Å². The topological polar surface area (TPSA) is 145 Å². The summed E-state index contributed by atoms with van der Waals surface area (Å²) in [5.41, 5.74) is 4.36. The number of amides is 1. The molecule has 0 aromatic carbocycles. The Kier molecular flexibility index (Phi) is 7.00. The molecule has 4 atom stereocenters. The number of carboxylic acids is 1. The maximum absolute atomic E-state index is 12.1. The molecule has 0 bridgehead atoms. The molecule has 1 saturated heterocycles. The van der Waals surface area contributed by atoms with Crippen molar-refractivity contribution in [3.63, 3.8) is 0 Å². The van der Waals surface area contributed by atoms with Crippen LogP contribution in [0.5, 0.6) is 0 Å². The fourth-order valence-electron chi connectivity index (χ4n) is 2.83. The average Bonchev–Trinajstić information content (AvgIpc) is 2.79. The Labute approximate surface area is 136 Å². The van der Waals surface area contributed by atoms with Gasteiger partial charge in [-0.15, -0.1) is 0 Å². The molecule has 0 aliphatic carbocycles. The van der Waals surface area contributed by atoms with E-state index >= 15 is 0 Å². The van der Waals surface area contributed by atoms with E-state index in [9.17, 15) is 24.8 Å². The third-order valence-corrected chi connectivity index (χ3v) is 4.30. The lowest BCUT2D eigenvalue weighted by molar-refractivity contribution is -0.140. The van der Waals surface area contributed by atoms with Crippen LogP contribution in [0.1, 0.15) is 26.7 Å². The number of nitrogens with one attached hydrogen (secondary N) is 2. The van der Waals surface area contributed by atoms with Crippen LogP contribution < -0.4 is 16.4 Å². The van der Waals surface area contributed by atoms with E-state index in [0.717, 1.165) is 0 Å². The van der Waals surface area contributed by atoms with Crippen LogP contribution in [0.25, 0.3) is 0 Å². The molecule has 0 aromatic rings. The van der Waals surface area contributed by atoms with Crippen molar-refractivity contribution in [1.82, 2.24) is 10.6 Å². The van der Waals surface area contributed by atoms with Crippen molar-refractivity contribution in [2.75, 3.05) is 6.54 Å². The van der Waals surface area contributed by atoms with E-state index in [1.807, 2.05) is 0 Å². The van der Waals surface area contributed by atoms with E-state index < -0.39 is 36.5 Å². The van der Waals surface area contributed by atoms with Gasteiger partial charge in [-0.3, -0.25) is 9.59 Å². The fourth-order valence-corrected chi connectivity index (χ4v) is 2.83. The van der Waals surface area contributed by atoms with Gasteiger partial charge in [0.15, 0.2) is 0 Å². The maximum Gasteiger partial charge on any atom is 0.321 e. The van der Waals surface area contributed by atoms with E-state index in [0.29, 0.717) is 25.7 Å². The number of carbonyl (C=O) groups is 2. The number of aliphatic hydroxyl groups is 1. The summed E-state index contributed by atoms with van der Waals surface area (Å²) in [4.78, 5) is 23.5. The van der Waals surface area contributed by atoms with Gasteiger partial charge in [0.1, 0.15) is 12.1 Å². The normalized spacial score (nSPS) is 25.9. The van der Waals surface area contributed by atoms with Crippen molar-refractivity contribution in [3.8, 4) is 0 Å². The molecule has 4 unspecified atom stereocenters. The van der Waals surface area contributed by atoms with Crippen molar-refractivity contribution in [3.05, 3.63) is 0 Å². The summed E-state index contributed by atoms with van der Waals surface area (Å²) in [7, 11) is 0. The second-order valence-corrected chi connectivity index (χ2v) is 6.91. The summed E-state index contributed by atoms with van der Waals surface area (Å²) < 4.78 is 0. The van der Waals surface area contributed by atoms with E-state index in [1.165, 1.54) is 13.8 Å². The first-order valence-corrected chi connectivity index (χ1v) is 7.96. The lowest BCUT2D eigenvalue weighted by atomic mass is 9.66. The molecule has 0 aromatic heterocycles. The molecule has 0 saturated carbocycles. The number of carbonyl (C=O) groups excluding carboxylic acids is 1. The van der Waals surface area contributed by atoms with Gasteiger partial charge in [-0.05, 0) is 26.6 Å². The van der Waals surface area contributed by atoms with Crippen LogP contribution >= 0.6 is 0 Å². The molecule has 1 heterocycles. The van der Waals surface area contributed by atoms with Crippen molar-refractivity contribution < 1.29 is 24.8 Å². The number of aliphatic carboxylic acids is 1. The van der Waals surface area contributed by atoms with Gasteiger partial charge in [-0.25, -0.2) is 0 Å². The molecule has 1 aliphatic heterocycles. The molecule has 1 amide bonds. The summed E-state index contributed by atoms with van der Waals surface area (Å²) in [6.07, 6.45) is 1.81. The van der Waals surface area contributed by atoms with Crippen LogP contribution in [0.4, 0.5) is 0 Å². The van der Waals surface area contributed by atoms with E-state index in [-0.39, 0.29) is 12.0 Å². The van der Waals surface area contributed by atoms with Gasteiger partial charge >= 0.3 is 5.97 Å². The summed E-state index contributed by atoms with van der Waals surface area (Å²) in [5.74, 6) is -1.75. The summed E-state index contributed by atoms with van der Waals surface area (Å²) in [5, 5.41) is 34.1. The van der Waals surface area contributed by atoms with Gasteiger partial charge < -0.3 is 31.6 Å². The Morgan fingerprint density at radius 3 is 2.57 bits per heavy atom. The Morgan fingerprint density at radius 1 is 1.48 bits per heavy atom. The van der Waals surface area contributed by atoms with Crippen LogP contribution in [0.15, 0.2) is 0 Å². The molecular formula is C14H28BN3O5. The smallest absolute Gasteiger partial charge is 0.321 e. The van der Waals surface area contributed by atoms with E-state index in [1.54, 1.807) is 6.82 Å². The minimum Gasteiger partial charge on any atom is -0.480 e. The highest BCUT2D eigenvalue weighted by atomic mass is 16.4. The second-order valence-electron chi connectivity index (χ2n) is 6.91. The lowest BCUT2D eigenvalue weighted by Crippen LogP contribution is -2.56. The minimum atomic E-state index is -1.36. The number of nitrogens with two attached hydrogens (primary N) is 1. The molecular weight excluding hydrogens is 301 g/mol. The van der Waals surface area contributed by atoms with Crippen LogP contribution in [0.2, 0.25) is 13.1 Å². The third kappa shape index (κ3) is 5.76. The Hall–Kier alpha value is -1.16. The number of rotatable bonds is 8. The fraction of sp³-hybridized carbons (Fsp3) is 0.857. The standard InChI is InChI=1S/C14H28BN3O5/c1-14(2,22)11(16)12(19)18-9-7-17-10(13(20)21)8(9)5-4-6-15(3)23/h8-11,17,22-23H,4-7,16H2,1-3H3,(H,18,19)(H,20,21). The molecule has 1 rings (SSSR count).